The van der Waals surface area contributed by atoms with Crippen LogP contribution in [0.5, 0.6) is 0 Å². The molecule has 0 radical (unpaired) electrons. The third kappa shape index (κ3) is 3.79. The summed E-state index contributed by atoms with van der Waals surface area (Å²) in [5, 5.41) is 0. The van der Waals surface area contributed by atoms with Crippen LogP contribution in [0.4, 0.5) is 0 Å². The van der Waals surface area contributed by atoms with Gasteiger partial charge in [0.1, 0.15) is 0 Å². The molecule has 0 atom stereocenters. The maximum absolute atomic E-state index is 2.43. The molecule has 66 valence electrons. The van der Waals surface area contributed by atoms with Crippen molar-refractivity contribution in [2.75, 3.05) is 0 Å². The van der Waals surface area contributed by atoms with E-state index < -0.39 is 0 Å². The molecular weight excluding hydrogens is 132 g/mol. The average molecular weight is 154 g/mol. The van der Waals surface area contributed by atoms with Crippen molar-refractivity contribution in [1.82, 2.24) is 0 Å². The summed E-state index contributed by atoms with van der Waals surface area (Å²) in [7, 11) is 0. The molecule has 11 heavy (non-hydrogen) atoms. The van der Waals surface area contributed by atoms with Crippen molar-refractivity contribution < 1.29 is 0 Å². The van der Waals surface area contributed by atoms with Crippen LogP contribution in [0.3, 0.4) is 0 Å². The van der Waals surface area contributed by atoms with E-state index in [2.05, 4.69) is 20.8 Å². The van der Waals surface area contributed by atoms with Crippen molar-refractivity contribution in [3.63, 3.8) is 0 Å². The Morgan fingerprint density at radius 3 is 2.27 bits per heavy atom. The quantitative estimate of drug-likeness (QED) is 0.525. The minimum atomic E-state index is 0.789. The Morgan fingerprint density at radius 2 is 1.82 bits per heavy atom. The van der Waals surface area contributed by atoms with Crippen molar-refractivity contribution in [2.24, 2.45) is 11.3 Å². The van der Waals surface area contributed by atoms with Gasteiger partial charge < -0.3 is 0 Å². The van der Waals surface area contributed by atoms with Gasteiger partial charge in [-0.1, -0.05) is 40.0 Å². The van der Waals surface area contributed by atoms with E-state index in [-0.39, 0.29) is 0 Å². The molecule has 0 heteroatoms. The van der Waals surface area contributed by atoms with Crippen LogP contribution in [0.25, 0.3) is 0 Å². The van der Waals surface area contributed by atoms with E-state index in [9.17, 15) is 0 Å². The highest BCUT2D eigenvalue weighted by Gasteiger charge is 2.35. The predicted molar refractivity (Wildman–Crippen MR) is 50.6 cm³/mol. The molecule has 0 aliphatic heterocycles. The molecule has 1 rings (SSSR count). The van der Waals surface area contributed by atoms with E-state index in [1.165, 1.54) is 38.5 Å². The summed E-state index contributed by atoms with van der Waals surface area (Å²) in [6.07, 6.45) is 8.82. The van der Waals surface area contributed by atoms with Gasteiger partial charge in [0.2, 0.25) is 0 Å². The van der Waals surface area contributed by atoms with Gasteiger partial charge in [-0.25, -0.2) is 0 Å². The lowest BCUT2D eigenvalue weighted by atomic mass is 9.98. The Labute approximate surface area is 71.4 Å². The molecule has 0 spiro atoms. The van der Waals surface area contributed by atoms with Gasteiger partial charge in [0.05, 0.1) is 0 Å². The van der Waals surface area contributed by atoms with E-state index in [1.54, 1.807) is 0 Å². The van der Waals surface area contributed by atoms with Gasteiger partial charge in [0.15, 0.2) is 0 Å². The van der Waals surface area contributed by atoms with Crippen molar-refractivity contribution in [1.29, 1.82) is 0 Å². The smallest absolute Gasteiger partial charge is 0.0325 e. The summed E-state index contributed by atoms with van der Waals surface area (Å²) in [6.45, 7) is 7.07. The van der Waals surface area contributed by atoms with E-state index in [0.717, 1.165) is 11.3 Å². The van der Waals surface area contributed by atoms with Crippen LogP contribution in [0, 0.1) is 11.3 Å². The normalized spacial score (nSPS) is 20.7. The van der Waals surface area contributed by atoms with Crippen LogP contribution in [0.1, 0.15) is 59.3 Å². The van der Waals surface area contributed by atoms with Crippen molar-refractivity contribution >= 4 is 0 Å². The predicted octanol–water partition coefficient (Wildman–Crippen LogP) is 4.00. The lowest BCUT2D eigenvalue weighted by Crippen LogP contribution is -1.93. The Hall–Kier alpha value is 0. The Bertz CT molecular complexity index is 109. The minimum Gasteiger partial charge on any atom is -0.0628 e. The zero-order chi connectivity index (χ0) is 8.32. The largest absolute Gasteiger partial charge is 0.0628 e. The van der Waals surface area contributed by atoms with Gasteiger partial charge in [0, 0.05) is 0 Å². The topological polar surface area (TPSA) is 0 Å². The standard InChI is InChI=1S/C11H22/c1-10(2)6-4-5-7-11(3)8-9-11/h10H,4-9H2,1-3H3. The fourth-order valence-corrected chi connectivity index (χ4v) is 1.57. The molecule has 0 heterocycles. The average Bonchev–Trinajstić information content (AvgIpc) is 2.62. The molecular formula is C11H22. The van der Waals surface area contributed by atoms with Crippen LogP contribution in [-0.4, -0.2) is 0 Å². The molecule has 0 bridgehead atoms. The highest BCUT2D eigenvalue weighted by atomic mass is 14.4. The first-order chi connectivity index (χ1) is 5.12. The van der Waals surface area contributed by atoms with Gasteiger partial charge >= 0.3 is 0 Å². The number of unbranched alkanes of at least 4 members (excludes halogenated alkanes) is 1. The Morgan fingerprint density at radius 1 is 1.18 bits per heavy atom. The highest BCUT2D eigenvalue weighted by molar-refractivity contribution is 4.87. The zero-order valence-corrected chi connectivity index (χ0v) is 8.32. The lowest BCUT2D eigenvalue weighted by Gasteiger charge is -2.08. The van der Waals surface area contributed by atoms with Crippen LogP contribution in [-0.2, 0) is 0 Å². The summed E-state index contributed by atoms with van der Waals surface area (Å²) >= 11 is 0. The molecule has 1 saturated carbocycles. The second kappa shape index (κ2) is 3.60. The number of hydrogen-bond acceptors (Lipinski definition) is 0. The molecule has 0 aromatic rings. The van der Waals surface area contributed by atoms with E-state index in [1.807, 2.05) is 0 Å². The van der Waals surface area contributed by atoms with E-state index in [4.69, 9.17) is 0 Å². The molecule has 0 unspecified atom stereocenters. The third-order valence-corrected chi connectivity index (χ3v) is 2.92. The van der Waals surface area contributed by atoms with Crippen LogP contribution in [0.15, 0.2) is 0 Å². The van der Waals surface area contributed by atoms with Crippen molar-refractivity contribution in [3.8, 4) is 0 Å². The van der Waals surface area contributed by atoms with E-state index >= 15 is 0 Å². The van der Waals surface area contributed by atoms with Crippen LogP contribution < -0.4 is 0 Å². The molecule has 1 aliphatic rings. The summed E-state index contributed by atoms with van der Waals surface area (Å²) < 4.78 is 0. The Balaban J connectivity index is 1.88. The highest BCUT2D eigenvalue weighted by Crippen LogP contribution is 2.49. The van der Waals surface area contributed by atoms with Crippen LogP contribution >= 0.6 is 0 Å². The lowest BCUT2D eigenvalue weighted by molar-refractivity contribution is 0.450. The maximum Gasteiger partial charge on any atom is -0.0325 e. The van der Waals surface area contributed by atoms with Gasteiger partial charge in [0.25, 0.3) is 0 Å². The summed E-state index contributed by atoms with van der Waals surface area (Å²) in [6, 6.07) is 0. The molecule has 0 N–H and O–H groups in total. The zero-order valence-electron chi connectivity index (χ0n) is 8.32. The van der Waals surface area contributed by atoms with Gasteiger partial charge in [-0.3, -0.25) is 0 Å². The first-order valence-corrected chi connectivity index (χ1v) is 5.12. The molecule has 1 aliphatic carbocycles. The SMILES string of the molecule is CC(C)CCCCC1(C)CC1. The molecule has 0 aromatic carbocycles. The molecule has 0 saturated heterocycles. The molecule has 1 fully saturated rings. The number of hydrogen-bond donors (Lipinski definition) is 0. The fourth-order valence-electron chi connectivity index (χ4n) is 1.57. The minimum absolute atomic E-state index is 0.789. The molecule has 0 amide bonds. The van der Waals surface area contributed by atoms with Gasteiger partial charge in [-0.2, -0.15) is 0 Å². The summed E-state index contributed by atoms with van der Waals surface area (Å²) in [4.78, 5) is 0. The monoisotopic (exact) mass is 154 g/mol. The third-order valence-electron chi connectivity index (χ3n) is 2.92. The Kier molecular flexibility index (Phi) is 2.98. The second-order valence-corrected chi connectivity index (χ2v) is 4.95. The van der Waals surface area contributed by atoms with Gasteiger partial charge in [-0.15, -0.1) is 0 Å². The van der Waals surface area contributed by atoms with Crippen molar-refractivity contribution in [3.05, 3.63) is 0 Å². The maximum atomic E-state index is 2.43. The fraction of sp³-hybridized carbons (Fsp3) is 1.00. The molecule has 0 nitrogen and oxygen atoms in total. The van der Waals surface area contributed by atoms with E-state index in [0.29, 0.717) is 0 Å². The first-order valence-electron chi connectivity index (χ1n) is 5.12. The molecule has 0 aromatic heterocycles. The first kappa shape index (κ1) is 9.09. The second-order valence-electron chi connectivity index (χ2n) is 4.95. The van der Waals surface area contributed by atoms with Crippen LogP contribution in [0.2, 0.25) is 0 Å². The summed E-state index contributed by atoms with van der Waals surface area (Å²) in [5.41, 5.74) is 0.789. The van der Waals surface area contributed by atoms with Crippen molar-refractivity contribution in [2.45, 2.75) is 59.3 Å². The summed E-state index contributed by atoms with van der Waals surface area (Å²) in [5.74, 6) is 0.905. The van der Waals surface area contributed by atoms with Gasteiger partial charge in [-0.05, 0) is 30.6 Å². The number of rotatable bonds is 5.